The molecule has 1 aliphatic rings. The van der Waals surface area contributed by atoms with Gasteiger partial charge < -0.3 is 13.8 Å². The van der Waals surface area contributed by atoms with Crippen LogP contribution in [-0.4, -0.2) is 23.5 Å². The van der Waals surface area contributed by atoms with Crippen LogP contribution in [-0.2, 0) is 14.7 Å². The van der Waals surface area contributed by atoms with Crippen LogP contribution in [0, 0.1) is 6.92 Å². The number of hydrogen-bond donors (Lipinski definition) is 0. The van der Waals surface area contributed by atoms with Gasteiger partial charge in [0.1, 0.15) is 5.76 Å². The predicted molar refractivity (Wildman–Crippen MR) is 75.7 cm³/mol. The minimum Gasteiger partial charge on any atom is -0.399 e. The summed E-state index contributed by atoms with van der Waals surface area (Å²) in [5.74, 6) is 0.767. The molecule has 0 atom stereocenters. The summed E-state index contributed by atoms with van der Waals surface area (Å²) in [4.78, 5) is 0. The third kappa shape index (κ3) is 2.34. The van der Waals surface area contributed by atoms with Crippen LogP contribution in [0.15, 0.2) is 4.52 Å². The first kappa shape index (κ1) is 14.6. The van der Waals surface area contributed by atoms with Gasteiger partial charge in [0, 0.05) is 10.9 Å². The number of aromatic nitrogens is 1. The van der Waals surface area contributed by atoms with Gasteiger partial charge in [0.15, 0.2) is 0 Å². The van der Waals surface area contributed by atoms with Crippen LogP contribution in [0.3, 0.4) is 0 Å². The summed E-state index contributed by atoms with van der Waals surface area (Å²) in [5, 5.41) is 4.19. The second kappa shape index (κ2) is 4.09. The van der Waals surface area contributed by atoms with E-state index in [9.17, 15) is 0 Å². The fourth-order valence-electron chi connectivity index (χ4n) is 2.16. The molecule has 4 nitrogen and oxygen atoms in total. The first-order chi connectivity index (χ1) is 8.46. The average Bonchev–Trinajstić information content (AvgIpc) is 2.65. The Balaban J connectivity index is 2.43. The molecule has 2 rings (SSSR count). The van der Waals surface area contributed by atoms with Crippen LogP contribution >= 0.6 is 0 Å². The highest BCUT2D eigenvalue weighted by Gasteiger charge is 2.54. The normalized spacial score (nSPS) is 22.0. The Labute approximate surface area is 116 Å². The molecule has 0 aromatic carbocycles. The summed E-state index contributed by atoms with van der Waals surface area (Å²) in [6, 6.07) is 0. The smallest absolute Gasteiger partial charge is 0.399 e. The van der Waals surface area contributed by atoms with Crippen molar-refractivity contribution in [3.05, 3.63) is 11.5 Å². The van der Waals surface area contributed by atoms with Gasteiger partial charge in [-0.1, -0.05) is 25.9 Å². The summed E-state index contributed by atoms with van der Waals surface area (Å²) in [7, 11) is -0.412. The number of aryl methyl sites for hydroxylation is 1. The molecule has 0 amide bonds. The molecule has 0 N–H and O–H groups in total. The SMILES string of the molecule is Cc1onc(C(C)(C)C)c1B1OC(C)(C)C(C)(C)O1. The van der Waals surface area contributed by atoms with E-state index in [4.69, 9.17) is 13.8 Å². The number of nitrogens with zero attached hydrogens (tertiary/aromatic N) is 1. The van der Waals surface area contributed by atoms with Crippen LogP contribution in [0.1, 0.15) is 59.9 Å². The Morgan fingerprint density at radius 3 is 1.89 bits per heavy atom. The van der Waals surface area contributed by atoms with Crippen molar-refractivity contribution >= 4 is 12.6 Å². The van der Waals surface area contributed by atoms with Gasteiger partial charge in [0.2, 0.25) is 0 Å². The lowest BCUT2D eigenvalue weighted by atomic mass is 9.72. The third-order valence-electron chi connectivity index (χ3n) is 4.11. The van der Waals surface area contributed by atoms with Crippen LogP contribution in [0.5, 0.6) is 0 Å². The zero-order chi connectivity index (χ0) is 14.6. The first-order valence-corrected chi connectivity index (χ1v) is 6.78. The molecular weight excluding hydrogens is 241 g/mol. The van der Waals surface area contributed by atoms with Gasteiger partial charge in [0.05, 0.1) is 16.9 Å². The average molecular weight is 265 g/mol. The maximum atomic E-state index is 6.10. The molecule has 106 valence electrons. The standard InChI is InChI=1S/C14H24BNO3/c1-9-10(11(16-17-9)12(2,3)4)15-18-13(5,6)14(7,8)19-15/h1-8H3. The zero-order valence-electron chi connectivity index (χ0n) is 13.2. The lowest BCUT2D eigenvalue weighted by molar-refractivity contribution is 0.00578. The van der Waals surface area contributed by atoms with E-state index < -0.39 is 7.12 Å². The van der Waals surface area contributed by atoms with Gasteiger partial charge in [-0.2, -0.15) is 0 Å². The highest BCUT2D eigenvalue weighted by atomic mass is 16.7. The van der Waals surface area contributed by atoms with Crippen molar-refractivity contribution in [2.45, 2.75) is 72.0 Å². The molecule has 1 aromatic rings. The molecule has 0 aliphatic carbocycles. The molecule has 0 radical (unpaired) electrons. The van der Waals surface area contributed by atoms with Crippen molar-refractivity contribution < 1.29 is 13.8 Å². The van der Waals surface area contributed by atoms with Gasteiger partial charge >= 0.3 is 7.12 Å². The summed E-state index contributed by atoms with van der Waals surface area (Å²) in [6.45, 7) is 16.4. The van der Waals surface area contributed by atoms with Gasteiger partial charge in [-0.3, -0.25) is 0 Å². The Hall–Kier alpha value is -0.805. The third-order valence-corrected chi connectivity index (χ3v) is 4.11. The number of rotatable bonds is 1. The minimum absolute atomic E-state index is 0.101. The summed E-state index contributed by atoms with van der Waals surface area (Å²) in [5.41, 5.74) is 1.04. The van der Waals surface area contributed by atoms with E-state index in [1.54, 1.807) is 0 Å². The molecule has 0 unspecified atom stereocenters. The van der Waals surface area contributed by atoms with Crippen molar-refractivity contribution in [3.8, 4) is 0 Å². The molecular formula is C14H24BNO3. The number of hydrogen-bond acceptors (Lipinski definition) is 4. The fourth-order valence-corrected chi connectivity index (χ4v) is 2.16. The fraction of sp³-hybridized carbons (Fsp3) is 0.786. The molecule has 1 aliphatic heterocycles. The Morgan fingerprint density at radius 2 is 1.47 bits per heavy atom. The Kier molecular flexibility index (Phi) is 3.15. The van der Waals surface area contributed by atoms with Gasteiger partial charge in [-0.05, 0) is 34.6 Å². The van der Waals surface area contributed by atoms with Crippen LogP contribution < -0.4 is 5.46 Å². The first-order valence-electron chi connectivity index (χ1n) is 6.78. The zero-order valence-corrected chi connectivity index (χ0v) is 13.2. The molecule has 1 saturated heterocycles. The van der Waals surface area contributed by atoms with Crippen molar-refractivity contribution in [2.24, 2.45) is 0 Å². The van der Waals surface area contributed by atoms with Gasteiger partial charge in [0.25, 0.3) is 0 Å². The maximum absolute atomic E-state index is 6.10. The van der Waals surface area contributed by atoms with E-state index in [1.165, 1.54) is 0 Å². The Bertz CT molecular complexity index is 469. The predicted octanol–water partition coefficient (Wildman–Crippen LogP) is 2.58. The molecule has 1 aromatic heterocycles. The van der Waals surface area contributed by atoms with E-state index in [0.29, 0.717) is 0 Å². The van der Waals surface area contributed by atoms with E-state index in [1.807, 2.05) is 34.6 Å². The lowest BCUT2D eigenvalue weighted by Crippen LogP contribution is -2.41. The molecule has 2 heterocycles. The molecule has 0 spiro atoms. The molecule has 19 heavy (non-hydrogen) atoms. The van der Waals surface area contributed by atoms with Crippen molar-refractivity contribution in [3.63, 3.8) is 0 Å². The highest BCUT2D eigenvalue weighted by molar-refractivity contribution is 6.63. The highest BCUT2D eigenvalue weighted by Crippen LogP contribution is 2.37. The molecule has 0 bridgehead atoms. The summed E-state index contributed by atoms with van der Waals surface area (Å²) < 4.78 is 17.6. The monoisotopic (exact) mass is 265 g/mol. The van der Waals surface area contributed by atoms with Crippen molar-refractivity contribution in [1.29, 1.82) is 0 Å². The van der Waals surface area contributed by atoms with Crippen molar-refractivity contribution in [2.75, 3.05) is 0 Å². The lowest BCUT2D eigenvalue weighted by Gasteiger charge is -2.32. The van der Waals surface area contributed by atoms with E-state index in [-0.39, 0.29) is 16.6 Å². The van der Waals surface area contributed by atoms with Gasteiger partial charge in [-0.15, -0.1) is 0 Å². The maximum Gasteiger partial charge on any atom is 0.500 e. The van der Waals surface area contributed by atoms with E-state index in [0.717, 1.165) is 16.9 Å². The quantitative estimate of drug-likeness (QED) is 0.732. The molecule has 5 heteroatoms. The van der Waals surface area contributed by atoms with E-state index >= 15 is 0 Å². The summed E-state index contributed by atoms with van der Waals surface area (Å²) >= 11 is 0. The van der Waals surface area contributed by atoms with Gasteiger partial charge in [-0.25, -0.2) is 0 Å². The minimum atomic E-state index is -0.412. The summed E-state index contributed by atoms with van der Waals surface area (Å²) in [6.07, 6.45) is 0. The van der Waals surface area contributed by atoms with E-state index in [2.05, 4.69) is 25.9 Å². The van der Waals surface area contributed by atoms with Crippen molar-refractivity contribution in [1.82, 2.24) is 5.16 Å². The second-order valence-electron chi connectivity index (χ2n) is 7.34. The molecule has 0 saturated carbocycles. The largest absolute Gasteiger partial charge is 0.500 e. The van der Waals surface area contributed by atoms with Crippen LogP contribution in [0.25, 0.3) is 0 Å². The Morgan fingerprint density at radius 1 is 1.00 bits per heavy atom. The second-order valence-corrected chi connectivity index (χ2v) is 7.34. The van der Waals surface area contributed by atoms with Crippen LogP contribution in [0.4, 0.5) is 0 Å². The van der Waals surface area contributed by atoms with Crippen LogP contribution in [0.2, 0.25) is 0 Å². The topological polar surface area (TPSA) is 44.5 Å². The molecule has 1 fully saturated rings.